The highest BCUT2D eigenvalue weighted by atomic mass is 16.5. The number of hydrogen-bond donors (Lipinski definition) is 0. The summed E-state index contributed by atoms with van der Waals surface area (Å²) in [6, 6.07) is 5.37. The lowest BCUT2D eigenvalue weighted by Gasteiger charge is -2.04. The van der Waals surface area contributed by atoms with Gasteiger partial charge in [0.2, 0.25) is 0 Å². The Kier molecular flexibility index (Phi) is 2.54. The number of rotatable bonds is 2. The van der Waals surface area contributed by atoms with E-state index in [0.717, 1.165) is 5.56 Å². The van der Waals surface area contributed by atoms with Gasteiger partial charge in [0.15, 0.2) is 11.5 Å². The van der Waals surface area contributed by atoms with E-state index in [4.69, 9.17) is 10.00 Å². The largest absolute Gasteiger partial charge is 0.493 e. The highest BCUT2D eigenvalue weighted by Crippen LogP contribution is 2.27. The van der Waals surface area contributed by atoms with Gasteiger partial charge in [0.25, 0.3) is 6.26 Å². The summed E-state index contributed by atoms with van der Waals surface area (Å²) in [6.07, 6.45) is 1.60. The Morgan fingerprint density at radius 3 is 2.67 bits per heavy atom. The molecule has 0 N–H and O–H groups in total. The second-order valence-corrected chi connectivity index (χ2v) is 2.35. The van der Waals surface area contributed by atoms with Crippen molar-refractivity contribution in [3.05, 3.63) is 23.8 Å². The molecule has 3 nitrogen and oxygen atoms in total. The monoisotopic (exact) mass is 163 g/mol. The molecule has 0 fully saturated rings. The minimum atomic E-state index is 0.450. The SMILES string of the molecule is COc1cc(C)ccc1OC#N. The molecule has 0 aliphatic heterocycles. The highest BCUT2D eigenvalue weighted by Gasteiger charge is 2.02. The lowest BCUT2D eigenvalue weighted by atomic mass is 10.2. The fraction of sp³-hybridized carbons (Fsp3) is 0.222. The quantitative estimate of drug-likeness (QED) is 0.625. The molecule has 0 bridgehead atoms. The van der Waals surface area contributed by atoms with Gasteiger partial charge in [-0.1, -0.05) is 6.07 Å². The third kappa shape index (κ3) is 1.67. The Morgan fingerprint density at radius 1 is 1.33 bits per heavy atom. The third-order valence-electron chi connectivity index (χ3n) is 1.47. The van der Waals surface area contributed by atoms with Crippen LogP contribution in [0.1, 0.15) is 5.56 Å². The topological polar surface area (TPSA) is 42.2 Å². The molecular weight excluding hydrogens is 154 g/mol. The van der Waals surface area contributed by atoms with Crippen molar-refractivity contribution in [3.63, 3.8) is 0 Å². The summed E-state index contributed by atoms with van der Waals surface area (Å²) in [7, 11) is 1.54. The first-order valence-corrected chi connectivity index (χ1v) is 3.48. The van der Waals surface area contributed by atoms with Gasteiger partial charge in [-0.25, -0.2) is 0 Å². The van der Waals surface area contributed by atoms with E-state index < -0.39 is 0 Å². The molecule has 0 unspecified atom stereocenters. The van der Waals surface area contributed by atoms with Crippen molar-refractivity contribution in [1.29, 1.82) is 5.26 Å². The smallest absolute Gasteiger partial charge is 0.292 e. The second kappa shape index (κ2) is 3.63. The Hall–Kier alpha value is -1.69. The number of nitriles is 1. The van der Waals surface area contributed by atoms with E-state index in [9.17, 15) is 0 Å². The zero-order valence-corrected chi connectivity index (χ0v) is 7.00. The maximum Gasteiger partial charge on any atom is 0.292 e. The fourth-order valence-corrected chi connectivity index (χ4v) is 0.908. The van der Waals surface area contributed by atoms with Crippen molar-refractivity contribution < 1.29 is 9.47 Å². The van der Waals surface area contributed by atoms with Crippen molar-refractivity contribution in [2.24, 2.45) is 0 Å². The third-order valence-corrected chi connectivity index (χ3v) is 1.47. The van der Waals surface area contributed by atoms with Crippen LogP contribution >= 0.6 is 0 Å². The summed E-state index contributed by atoms with van der Waals surface area (Å²) in [5, 5.41) is 8.28. The van der Waals surface area contributed by atoms with Crippen LogP contribution in [0.25, 0.3) is 0 Å². The summed E-state index contributed by atoms with van der Waals surface area (Å²) in [5.41, 5.74) is 1.07. The summed E-state index contributed by atoms with van der Waals surface area (Å²) < 4.78 is 9.67. The van der Waals surface area contributed by atoms with E-state index in [1.807, 2.05) is 19.1 Å². The summed E-state index contributed by atoms with van der Waals surface area (Å²) in [6.45, 7) is 1.94. The molecule has 0 heterocycles. The van der Waals surface area contributed by atoms with Crippen LogP contribution in [-0.4, -0.2) is 7.11 Å². The van der Waals surface area contributed by atoms with Gasteiger partial charge in [0.1, 0.15) is 0 Å². The van der Waals surface area contributed by atoms with Crippen LogP contribution < -0.4 is 9.47 Å². The lowest BCUT2D eigenvalue weighted by Crippen LogP contribution is -1.89. The molecule has 62 valence electrons. The van der Waals surface area contributed by atoms with E-state index >= 15 is 0 Å². The molecule has 1 aromatic rings. The standard InChI is InChI=1S/C9H9NO2/c1-7-3-4-8(12-6-10)9(5-7)11-2/h3-5H,1-2H3. The Labute approximate surface area is 71.1 Å². The number of methoxy groups -OCH3 is 1. The summed E-state index contributed by atoms with van der Waals surface area (Å²) in [4.78, 5) is 0. The number of aryl methyl sites for hydroxylation is 1. The molecule has 0 aliphatic rings. The number of benzene rings is 1. The van der Waals surface area contributed by atoms with E-state index in [0.29, 0.717) is 11.5 Å². The molecule has 1 aromatic carbocycles. The van der Waals surface area contributed by atoms with Gasteiger partial charge >= 0.3 is 0 Å². The van der Waals surface area contributed by atoms with E-state index in [1.54, 1.807) is 19.4 Å². The van der Waals surface area contributed by atoms with Gasteiger partial charge in [-0.3, -0.25) is 0 Å². The van der Waals surface area contributed by atoms with Crippen molar-refractivity contribution in [3.8, 4) is 17.8 Å². The predicted octanol–water partition coefficient (Wildman–Crippen LogP) is 1.86. The Morgan fingerprint density at radius 2 is 2.08 bits per heavy atom. The molecule has 12 heavy (non-hydrogen) atoms. The zero-order chi connectivity index (χ0) is 8.97. The first-order valence-electron chi connectivity index (χ1n) is 3.48. The average molecular weight is 163 g/mol. The average Bonchev–Trinajstić information content (AvgIpc) is 2.08. The highest BCUT2D eigenvalue weighted by molar-refractivity contribution is 5.42. The molecular formula is C9H9NO2. The van der Waals surface area contributed by atoms with Crippen LogP contribution in [-0.2, 0) is 0 Å². The maximum absolute atomic E-state index is 8.28. The van der Waals surface area contributed by atoms with Gasteiger partial charge < -0.3 is 9.47 Å². The molecule has 0 spiro atoms. The molecule has 0 aromatic heterocycles. The normalized spacial score (nSPS) is 8.75. The Balaban J connectivity index is 3.04. The van der Waals surface area contributed by atoms with Crippen LogP contribution in [0.5, 0.6) is 11.5 Å². The van der Waals surface area contributed by atoms with E-state index in [-0.39, 0.29) is 0 Å². The molecule has 1 rings (SSSR count). The summed E-state index contributed by atoms with van der Waals surface area (Å²) >= 11 is 0. The number of hydrogen-bond acceptors (Lipinski definition) is 3. The second-order valence-electron chi connectivity index (χ2n) is 2.35. The van der Waals surface area contributed by atoms with Crippen molar-refractivity contribution >= 4 is 0 Å². The van der Waals surface area contributed by atoms with Gasteiger partial charge in [0, 0.05) is 0 Å². The Bertz CT molecular complexity index is 315. The van der Waals surface area contributed by atoms with Crippen LogP contribution in [0.15, 0.2) is 18.2 Å². The van der Waals surface area contributed by atoms with Gasteiger partial charge in [-0.2, -0.15) is 0 Å². The zero-order valence-electron chi connectivity index (χ0n) is 7.00. The molecule has 0 radical (unpaired) electrons. The van der Waals surface area contributed by atoms with Crippen LogP contribution in [0, 0.1) is 18.4 Å². The van der Waals surface area contributed by atoms with Gasteiger partial charge in [-0.05, 0) is 24.6 Å². The molecule has 0 atom stereocenters. The summed E-state index contributed by atoms with van der Waals surface area (Å²) in [5.74, 6) is 1.03. The number of ether oxygens (including phenoxy) is 2. The van der Waals surface area contributed by atoms with Crippen LogP contribution in [0.3, 0.4) is 0 Å². The molecule has 0 amide bonds. The first kappa shape index (κ1) is 8.41. The fourth-order valence-electron chi connectivity index (χ4n) is 0.908. The lowest BCUT2D eigenvalue weighted by molar-refractivity contribution is 0.384. The number of nitrogens with zero attached hydrogens (tertiary/aromatic N) is 1. The first-order chi connectivity index (χ1) is 5.77. The van der Waals surface area contributed by atoms with Crippen LogP contribution in [0.2, 0.25) is 0 Å². The minimum absolute atomic E-state index is 0.450. The molecule has 0 aliphatic carbocycles. The van der Waals surface area contributed by atoms with Crippen LogP contribution in [0.4, 0.5) is 0 Å². The van der Waals surface area contributed by atoms with E-state index in [2.05, 4.69) is 4.74 Å². The van der Waals surface area contributed by atoms with Crippen molar-refractivity contribution in [2.45, 2.75) is 6.92 Å². The van der Waals surface area contributed by atoms with Crippen molar-refractivity contribution in [2.75, 3.05) is 7.11 Å². The van der Waals surface area contributed by atoms with E-state index in [1.165, 1.54) is 0 Å². The molecule has 0 saturated heterocycles. The predicted molar refractivity (Wildman–Crippen MR) is 44.0 cm³/mol. The minimum Gasteiger partial charge on any atom is -0.493 e. The maximum atomic E-state index is 8.28. The van der Waals surface area contributed by atoms with Crippen molar-refractivity contribution in [1.82, 2.24) is 0 Å². The van der Waals surface area contributed by atoms with Gasteiger partial charge in [0.05, 0.1) is 7.11 Å². The molecule has 3 heteroatoms. The van der Waals surface area contributed by atoms with Gasteiger partial charge in [-0.15, -0.1) is 5.26 Å². The molecule has 0 saturated carbocycles.